The number of aromatic nitrogens is 2. The molecule has 30 heavy (non-hydrogen) atoms. The molecule has 156 valence electrons. The third-order valence-corrected chi connectivity index (χ3v) is 5.11. The largest absolute Gasteiger partial charge is 0.495 e. The van der Waals surface area contributed by atoms with Crippen LogP contribution in [0.2, 0.25) is 5.02 Å². The van der Waals surface area contributed by atoms with Crippen LogP contribution in [0.5, 0.6) is 5.75 Å². The van der Waals surface area contributed by atoms with Crippen molar-refractivity contribution in [2.45, 2.75) is 18.9 Å². The fourth-order valence-electron chi connectivity index (χ4n) is 3.36. The van der Waals surface area contributed by atoms with Gasteiger partial charge in [-0.25, -0.2) is 13.6 Å². The van der Waals surface area contributed by atoms with Crippen molar-refractivity contribution in [1.29, 1.82) is 0 Å². The average molecular weight is 435 g/mol. The maximum absolute atomic E-state index is 14.0. The average Bonchev–Trinajstić information content (AvgIpc) is 3.37. The number of hydrogen-bond donors (Lipinski definition) is 1. The minimum Gasteiger partial charge on any atom is -0.495 e. The van der Waals surface area contributed by atoms with E-state index in [0.717, 1.165) is 18.6 Å². The normalized spacial score (nSPS) is 16.0. The second-order valence-corrected chi connectivity index (χ2v) is 7.12. The van der Waals surface area contributed by atoms with Gasteiger partial charge in [0.05, 0.1) is 17.7 Å². The molecule has 0 spiro atoms. The molecule has 2 heterocycles. The van der Waals surface area contributed by atoms with Crippen LogP contribution in [0.3, 0.4) is 0 Å². The van der Waals surface area contributed by atoms with Gasteiger partial charge in [-0.05, 0) is 43.2 Å². The zero-order valence-corrected chi connectivity index (χ0v) is 16.6. The van der Waals surface area contributed by atoms with E-state index in [4.69, 9.17) is 20.9 Å². The first-order chi connectivity index (χ1) is 14.5. The van der Waals surface area contributed by atoms with Gasteiger partial charge in [0.1, 0.15) is 23.4 Å². The molecule has 1 atom stereocenters. The van der Waals surface area contributed by atoms with Gasteiger partial charge in [0.2, 0.25) is 11.7 Å². The first-order valence-electron chi connectivity index (χ1n) is 9.16. The van der Waals surface area contributed by atoms with E-state index in [9.17, 15) is 13.6 Å². The lowest BCUT2D eigenvalue weighted by Crippen LogP contribution is -2.34. The van der Waals surface area contributed by atoms with Crippen molar-refractivity contribution in [2.24, 2.45) is 0 Å². The van der Waals surface area contributed by atoms with Gasteiger partial charge < -0.3 is 19.5 Å². The Hall–Kier alpha value is -3.20. The van der Waals surface area contributed by atoms with Gasteiger partial charge in [-0.2, -0.15) is 4.98 Å². The summed E-state index contributed by atoms with van der Waals surface area (Å²) in [4.78, 5) is 18.6. The highest BCUT2D eigenvalue weighted by Crippen LogP contribution is 2.33. The Morgan fingerprint density at radius 1 is 1.30 bits per heavy atom. The van der Waals surface area contributed by atoms with Gasteiger partial charge in [-0.1, -0.05) is 16.8 Å². The lowest BCUT2D eigenvalue weighted by atomic mass is 10.2. The Balaban J connectivity index is 1.52. The minimum absolute atomic E-state index is 0.00306. The summed E-state index contributed by atoms with van der Waals surface area (Å²) in [6, 6.07) is 7.22. The van der Waals surface area contributed by atoms with Crippen LogP contribution in [0, 0.1) is 11.6 Å². The molecule has 4 rings (SSSR count). The quantitative estimate of drug-likeness (QED) is 0.621. The van der Waals surface area contributed by atoms with E-state index in [1.165, 1.54) is 13.2 Å². The van der Waals surface area contributed by atoms with Crippen molar-refractivity contribution in [2.75, 3.05) is 19.0 Å². The zero-order chi connectivity index (χ0) is 21.3. The van der Waals surface area contributed by atoms with E-state index >= 15 is 0 Å². The molecule has 1 N–H and O–H groups in total. The van der Waals surface area contributed by atoms with Gasteiger partial charge in [0.15, 0.2) is 0 Å². The summed E-state index contributed by atoms with van der Waals surface area (Å²) in [5.74, 6) is -0.803. The lowest BCUT2D eigenvalue weighted by molar-refractivity contribution is 0.193. The summed E-state index contributed by atoms with van der Waals surface area (Å²) in [6.07, 6.45) is 1.36. The number of nitrogens with one attached hydrogen (secondary N) is 1. The fourth-order valence-corrected chi connectivity index (χ4v) is 3.61. The molecule has 10 heteroatoms. The zero-order valence-electron chi connectivity index (χ0n) is 15.9. The number of likely N-dealkylation sites (tertiary alicyclic amines) is 1. The molecule has 1 aliphatic rings. The van der Waals surface area contributed by atoms with E-state index < -0.39 is 17.7 Å². The molecule has 3 aromatic rings. The number of benzene rings is 2. The molecule has 0 radical (unpaired) electrons. The van der Waals surface area contributed by atoms with Gasteiger partial charge in [-0.15, -0.1) is 0 Å². The molecular weight excluding hydrogens is 418 g/mol. The fraction of sp³-hybridized carbons (Fsp3) is 0.250. The first-order valence-corrected chi connectivity index (χ1v) is 9.54. The number of ether oxygens (including phenoxy) is 1. The van der Waals surface area contributed by atoms with Crippen molar-refractivity contribution in [3.05, 3.63) is 58.9 Å². The highest BCUT2D eigenvalue weighted by atomic mass is 35.5. The van der Waals surface area contributed by atoms with E-state index in [-0.39, 0.29) is 23.3 Å². The number of anilines is 1. The number of urea groups is 1. The monoisotopic (exact) mass is 434 g/mol. The van der Waals surface area contributed by atoms with E-state index in [1.54, 1.807) is 23.1 Å². The first kappa shape index (κ1) is 20.1. The Morgan fingerprint density at radius 2 is 2.13 bits per heavy atom. The smallest absolute Gasteiger partial charge is 0.322 e. The topological polar surface area (TPSA) is 80.5 Å². The predicted molar refractivity (Wildman–Crippen MR) is 105 cm³/mol. The van der Waals surface area contributed by atoms with Crippen molar-refractivity contribution < 1.29 is 22.8 Å². The van der Waals surface area contributed by atoms with Gasteiger partial charge in [0.25, 0.3) is 0 Å². The van der Waals surface area contributed by atoms with Crippen LogP contribution in [0.1, 0.15) is 24.8 Å². The van der Waals surface area contributed by atoms with Crippen LogP contribution in [-0.2, 0) is 0 Å². The molecule has 1 fully saturated rings. The number of amides is 2. The van der Waals surface area contributed by atoms with Crippen molar-refractivity contribution in [1.82, 2.24) is 15.0 Å². The summed E-state index contributed by atoms with van der Waals surface area (Å²) in [7, 11) is 1.50. The number of nitrogens with zero attached hydrogens (tertiary/aromatic N) is 3. The van der Waals surface area contributed by atoms with Crippen LogP contribution in [0.25, 0.3) is 11.4 Å². The number of hydrogen-bond acceptors (Lipinski definition) is 5. The van der Waals surface area contributed by atoms with Crippen molar-refractivity contribution in [3.8, 4) is 17.1 Å². The SMILES string of the molecule is COc1ccc(NC(=O)N2CCCC2c2nc(-c3ccc(F)cc3F)no2)cc1Cl. The molecule has 0 saturated carbocycles. The second-order valence-electron chi connectivity index (χ2n) is 6.71. The summed E-state index contributed by atoms with van der Waals surface area (Å²) < 4.78 is 37.5. The Kier molecular flexibility index (Phi) is 5.54. The maximum atomic E-state index is 14.0. The number of methoxy groups -OCH3 is 1. The number of carbonyl (C=O) groups is 1. The summed E-state index contributed by atoms with van der Waals surface area (Å²) in [6.45, 7) is 0.489. The predicted octanol–water partition coefficient (Wildman–Crippen LogP) is 5.05. The third-order valence-electron chi connectivity index (χ3n) is 4.82. The highest BCUT2D eigenvalue weighted by Gasteiger charge is 2.34. The molecule has 1 aromatic heterocycles. The van der Waals surface area contributed by atoms with Crippen LogP contribution >= 0.6 is 11.6 Å². The Labute approximate surface area is 175 Å². The molecule has 0 aliphatic carbocycles. The van der Waals surface area contributed by atoms with Crippen molar-refractivity contribution in [3.63, 3.8) is 0 Å². The number of rotatable bonds is 4. The highest BCUT2D eigenvalue weighted by molar-refractivity contribution is 6.32. The van der Waals surface area contributed by atoms with Crippen molar-refractivity contribution >= 4 is 23.3 Å². The van der Waals surface area contributed by atoms with Gasteiger partial charge >= 0.3 is 6.03 Å². The van der Waals surface area contributed by atoms with E-state index in [0.29, 0.717) is 29.4 Å². The second kappa shape index (κ2) is 8.27. The van der Waals surface area contributed by atoms with Gasteiger partial charge in [0, 0.05) is 18.3 Å². The van der Waals surface area contributed by atoms with Crippen LogP contribution in [0.4, 0.5) is 19.3 Å². The van der Waals surface area contributed by atoms with Gasteiger partial charge in [-0.3, -0.25) is 0 Å². The summed E-state index contributed by atoms with van der Waals surface area (Å²) >= 11 is 6.10. The number of carbonyl (C=O) groups excluding carboxylic acids is 1. The Morgan fingerprint density at radius 3 is 2.87 bits per heavy atom. The molecular formula is C20H17ClF2N4O3. The van der Waals surface area contributed by atoms with E-state index in [1.807, 2.05) is 0 Å². The molecule has 1 unspecified atom stereocenters. The number of halogens is 3. The summed E-state index contributed by atoms with van der Waals surface area (Å²) in [5, 5.41) is 6.95. The van der Waals surface area contributed by atoms with Crippen LogP contribution < -0.4 is 10.1 Å². The molecule has 7 nitrogen and oxygen atoms in total. The Bertz CT molecular complexity index is 1090. The molecule has 1 aliphatic heterocycles. The maximum Gasteiger partial charge on any atom is 0.322 e. The van der Waals surface area contributed by atoms with E-state index in [2.05, 4.69) is 15.5 Å². The summed E-state index contributed by atoms with van der Waals surface area (Å²) in [5.41, 5.74) is 0.532. The molecule has 2 amide bonds. The van der Waals surface area contributed by atoms with Crippen LogP contribution in [0.15, 0.2) is 40.9 Å². The van der Waals surface area contributed by atoms with Crippen LogP contribution in [-0.4, -0.2) is 34.7 Å². The molecule has 1 saturated heterocycles. The minimum atomic E-state index is -0.792. The lowest BCUT2D eigenvalue weighted by Gasteiger charge is -2.22. The molecule has 0 bridgehead atoms. The standard InChI is InChI=1S/C20H17ClF2N4O3/c1-29-17-7-5-12(10-14(17)21)24-20(28)27-8-2-3-16(27)19-25-18(26-30-19)13-6-4-11(22)9-15(13)23/h4-7,9-10,16H,2-3,8H2,1H3,(H,24,28). The third kappa shape index (κ3) is 3.93. The molecule has 2 aromatic carbocycles.